The molecule has 1 aromatic heterocycles. The summed E-state index contributed by atoms with van der Waals surface area (Å²) in [7, 11) is 0. The Hall–Kier alpha value is -0.0100. The highest BCUT2D eigenvalue weighted by molar-refractivity contribution is 14.2. The molecule has 0 N–H and O–H groups in total. The van der Waals surface area contributed by atoms with Crippen LogP contribution in [0.15, 0.2) is 16.6 Å². The summed E-state index contributed by atoms with van der Waals surface area (Å²) in [6.45, 7) is 2.94. The van der Waals surface area contributed by atoms with Gasteiger partial charge in [-0.05, 0) is 41.1 Å². The van der Waals surface area contributed by atoms with Crippen molar-refractivity contribution in [1.82, 2.24) is 9.55 Å². The topological polar surface area (TPSA) is 27.1 Å². The first-order chi connectivity index (χ1) is 9.02. The molecule has 3 nitrogen and oxygen atoms in total. The molecule has 19 heavy (non-hydrogen) atoms. The Morgan fingerprint density at radius 1 is 1.42 bits per heavy atom. The first-order valence-corrected chi connectivity index (χ1v) is 10.4. The van der Waals surface area contributed by atoms with Gasteiger partial charge in [-0.2, -0.15) is 13.9 Å². The molecule has 8 heteroatoms. The predicted octanol–water partition coefficient (Wildman–Crippen LogP) is 5.53. The smallest absolute Gasteiger partial charge is 0.387 e. The van der Waals surface area contributed by atoms with E-state index in [1.54, 1.807) is 11.4 Å². The van der Waals surface area contributed by atoms with Crippen LogP contribution in [0.4, 0.5) is 8.78 Å². The van der Waals surface area contributed by atoms with Crippen molar-refractivity contribution in [1.29, 1.82) is 0 Å². The van der Waals surface area contributed by atoms with Gasteiger partial charge in [-0.1, -0.05) is 29.8 Å². The van der Waals surface area contributed by atoms with E-state index in [4.69, 9.17) is 0 Å². The zero-order valence-corrected chi connectivity index (χ0v) is 15.3. The Bertz CT molecular complexity index is 565. The molecule has 2 aromatic rings. The molecule has 0 amide bonds. The second-order valence-electron chi connectivity index (χ2n) is 3.26. The Balaban J connectivity index is 0.000000861. The van der Waals surface area contributed by atoms with E-state index in [0.29, 0.717) is 21.9 Å². The summed E-state index contributed by atoms with van der Waals surface area (Å²) < 4.78 is 31.7. The third-order valence-corrected chi connectivity index (χ3v) is 4.51. The first-order valence-electron chi connectivity index (χ1n) is 5.53. The fourth-order valence-electron chi connectivity index (χ4n) is 1.61. The second-order valence-corrected chi connectivity index (χ2v) is 6.21. The van der Waals surface area contributed by atoms with Crippen molar-refractivity contribution in [2.75, 3.05) is 0 Å². The average molecular weight is 465 g/mol. The van der Waals surface area contributed by atoms with Crippen LogP contribution >= 0.6 is 44.3 Å². The van der Waals surface area contributed by atoms with Crippen molar-refractivity contribution in [2.45, 2.75) is 27.4 Å². The Morgan fingerprint density at radius 2 is 2.05 bits per heavy atom. The lowest BCUT2D eigenvalue weighted by Crippen LogP contribution is -2.02. The number of halogens is 4. The fourth-order valence-corrected chi connectivity index (χ4v) is 3.59. The Kier molecular flexibility index (Phi) is 6.90. The zero-order valence-electron chi connectivity index (χ0n) is 10.5. The highest BCUT2D eigenvalue weighted by Crippen LogP contribution is 2.37. The third kappa shape index (κ3) is 3.98. The van der Waals surface area contributed by atoms with Crippen LogP contribution in [0, 0.1) is 6.92 Å². The lowest BCUT2D eigenvalue weighted by Gasteiger charge is -2.07. The van der Waals surface area contributed by atoms with Crippen LogP contribution in [0.1, 0.15) is 19.5 Å². The number of rotatable bonds is 3. The van der Waals surface area contributed by atoms with Crippen LogP contribution < -0.4 is 4.74 Å². The van der Waals surface area contributed by atoms with E-state index in [9.17, 15) is 8.78 Å². The quantitative estimate of drug-likeness (QED) is 0.441. The molecule has 0 saturated heterocycles. The molecule has 106 valence electrons. The van der Waals surface area contributed by atoms with Crippen LogP contribution in [0.25, 0.3) is 10.9 Å². The van der Waals surface area contributed by atoms with Crippen LogP contribution in [0.3, 0.4) is 0 Å². The molecule has 0 fully saturated rings. The van der Waals surface area contributed by atoms with Crippen LogP contribution in [0.2, 0.25) is 0 Å². The number of ether oxygens (including phenoxy) is 1. The molecule has 0 saturated carbocycles. The van der Waals surface area contributed by atoms with Crippen molar-refractivity contribution in [3.63, 3.8) is 0 Å². The number of hydrogen-bond acceptors (Lipinski definition) is 2. The van der Waals surface area contributed by atoms with Gasteiger partial charge in [0.05, 0.1) is 23.0 Å². The maximum Gasteiger partial charge on any atom is 0.387 e. The molecule has 1 heterocycles. The van der Waals surface area contributed by atoms with Gasteiger partial charge >= 0.3 is 6.61 Å². The summed E-state index contributed by atoms with van der Waals surface area (Å²) in [6.07, 6.45) is 0.405. The summed E-state index contributed by atoms with van der Waals surface area (Å²) in [4.78, 5) is 0. The molecule has 1 unspecified atom stereocenters. The van der Waals surface area contributed by atoms with Gasteiger partial charge in [-0.25, -0.2) is 4.45 Å². The molecular formula is C11H13BrF2IN2OP. The number of aromatic nitrogens is 2. The number of aryl methyl sites for hydroxylation is 1. The minimum atomic E-state index is -2.84. The van der Waals surface area contributed by atoms with Crippen molar-refractivity contribution in [3.05, 3.63) is 22.3 Å². The van der Waals surface area contributed by atoms with Gasteiger partial charge in [0.15, 0.2) is 0 Å². The minimum absolute atomic E-state index is 0.155. The lowest BCUT2D eigenvalue weighted by molar-refractivity contribution is -0.0488. The SMILES string of the molecule is CC.Cc1nn(PI)c2cc(Br)cc(OC(F)F)c12. The van der Waals surface area contributed by atoms with Gasteiger partial charge < -0.3 is 4.74 Å². The molecule has 0 aliphatic rings. The minimum Gasteiger partial charge on any atom is -0.434 e. The summed E-state index contributed by atoms with van der Waals surface area (Å²) in [6, 6.07) is 3.38. The maximum atomic E-state index is 12.3. The van der Waals surface area contributed by atoms with Crippen molar-refractivity contribution < 1.29 is 13.5 Å². The lowest BCUT2D eigenvalue weighted by atomic mass is 10.2. The van der Waals surface area contributed by atoms with Gasteiger partial charge in [0, 0.05) is 4.47 Å². The van der Waals surface area contributed by atoms with Gasteiger partial charge in [0.1, 0.15) is 5.75 Å². The molecule has 0 aliphatic carbocycles. The summed E-state index contributed by atoms with van der Waals surface area (Å²) in [5, 5.41) is 4.93. The van der Waals surface area contributed by atoms with Crippen molar-refractivity contribution in [2.24, 2.45) is 0 Å². The van der Waals surface area contributed by atoms with Crippen LogP contribution in [0.5, 0.6) is 5.75 Å². The van der Waals surface area contributed by atoms with Gasteiger partial charge in [0.2, 0.25) is 0 Å². The second kappa shape index (κ2) is 7.69. The van der Waals surface area contributed by atoms with E-state index in [-0.39, 0.29) is 5.75 Å². The van der Waals surface area contributed by atoms with Gasteiger partial charge in [-0.3, -0.25) is 0 Å². The van der Waals surface area contributed by atoms with E-state index in [1.807, 2.05) is 19.9 Å². The molecule has 0 aliphatic heterocycles. The molecule has 1 aromatic carbocycles. The summed E-state index contributed by atoms with van der Waals surface area (Å²) >= 11 is 5.47. The van der Waals surface area contributed by atoms with E-state index in [1.165, 1.54) is 6.07 Å². The fraction of sp³-hybridized carbons (Fsp3) is 0.364. The standard InChI is InChI=1S/C9H7BrF2IN2OP.C2H6/c1-4-8-6(15(14-4)17-13)2-5(10)3-7(8)16-9(11)12;1-2/h2-3,9,17H,1H3;1-2H3. The van der Waals surface area contributed by atoms with E-state index >= 15 is 0 Å². The highest BCUT2D eigenvalue weighted by atomic mass is 127. The van der Waals surface area contributed by atoms with Crippen molar-refractivity contribution in [3.8, 4) is 5.75 Å². The Morgan fingerprint density at radius 3 is 2.58 bits per heavy atom. The Labute approximate surface area is 133 Å². The molecule has 1 atom stereocenters. The van der Waals surface area contributed by atoms with E-state index in [0.717, 1.165) is 5.52 Å². The van der Waals surface area contributed by atoms with E-state index < -0.39 is 6.61 Å². The van der Waals surface area contributed by atoms with E-state index in [2.05, 4.69) is 47.8 Å². The van der Waals surface area contributed by atoms with Gasteiger partial charge in [-0.15, -0.1) is 0 Å². The molecular weight excluding hydrogens is 452 g/mol. The first kappa shape index (κ1) is 17.0. The number of fused-ring (bicyclic) bond motifs is 1. The van der Waals surface area contributed by atoms with Gasteiger partial charge in [0.25, 0.3) is 0 Å². The maximum absolute atomic E-state index is 12.3. The monoisotopic (exact) mass is 464 g/mol. The largest absolute Gasteiger partial charge is 0.434 e. The molecule has 0 radical (unpaired) electrons. The predicted molar refractivity (Wildman–Crippen MR) is 87.9 cm³/mol. The van der Waals surface area contributed by atoms with Crippen LogP contribution in [-0.2, 0) is 0 Å². The molecule has 2 rings (SSSR count). The zero-order chi connectivity index (χ0) is 14.6. The number of hydrogen-bond donors (Lipinski definition) is 0. The normalized spacial score (nSPS) is 11.2. The highest BCUT2D eigenvalue weighted by Gasteiger charge is 2.16. The third-order valence-electron chi connectivity index (χ3n) is 2.18. The van der Waals surface area contributed by atoms with Crippen LogP contribution in [-0.4, -0.2) is 16.2 Å². The number of alkyl halides is 2. The number of benzene rings is 1. The molecule has 0 spiro atoms. The summed E-state index contributed by atoms with van der Waals surface area (Å²) in [5.74, 6) is 0.155. The summed E-state index contributed by atoms with van der Waals surface area (Å²) in [5.41, 5.74) is 1.48. The average Bonchev–Trinajstić information content (AvgIpc) is 2.67. The van der Waals surface area contributed by atoms with Crippen molar-refractivity contribution >= 4 is 55.2 Å². The molecule has 0 bridgehead atoms. The number of nitrogens with zero attached hydrogens (tertiary/aromatic N) is 2.